The third kappa shape index (κ3) is 10.5. The molecule has 0 aliphatic heterocycles. The second-order valence-electron chi connectivity index (χ2n) is 5.01. The molecule has 0 unspecified atom stereocenters. The fourth-order valence-corrected chi connectivity index (χ4v) is 2.01. The molecule has 1 aromatic carbocycles. The monoisotopic (exact) mass is 435 g/mol. The normalized spacial score (nSPS) is 11.0. The van der Waals surface area contributed by atoms with Crippen molar-refractivity contribution < 1.29 is 9.47 Å². The first-order chi connectivity index (χ1) is 10.8. The van der Waals surface area contributed by atoms with E-state index in [1.807, 2.05) is 6.92 Å². The lowest BCUT2D eigenvalue weighted by Crippen LogP contribution is -2.37. The zero-order valence-electron chi connectivity index (χ0n) is 14.4. The average molecular weight is 435 g/mol. The van der Waals surface area contributed by atoms with Gasteiger partial charge in [-0.05, 0) is 30.9 Å². The highest BCUT2D eigenvalue weighted by Gasteiger charge is 1.99. The number of hydrogen-bond donors (Lipinski definition) is 2. The van der Waals surface area contributed by atoms with Crippen LogP contribution in [0.25, 0.3) is 0 Å². The fourth-order valence-electron chi connectivity index (χ4n) is 2.01. The third-order valence-corrected chi connectivity index (χ3v) is 3.23. The summed E-state index contributed by atoms with van der Waals surface area (Å²) in [6, 6.07) is 8.39. The van der Waals surface area contributed by atoms with Gasteiger partial charge in [0.25, 0.3) is 0 Å². The molecule has 0 fully saturated rings. The SMILES string of the molecule is CCOCCCCNC(=NC)NCc1ccc(COC)cc1.I. The second-order valence-corrected chi connectivity index (χ2v) is 5.01. The molecule has 0 aliphatic rings. The Kier molecular flexibility index (Phi) is 14.2. The topological polar surface area (TPSA) is 54.9 Å². The maximum absolute atomic E-state index is 5.32. The van der Waals surface area contributed by atoms with Crippen LogP contribution in [0.2, 0.25) is 0 Å². The number of rotatable bonds is 10. The van der Waals surface area contributed by atoms with E-state index in [1.54, 1.807) is 14.2 Å². The third-order valence-electron chi connectivity index (χ3n) is 3.23. The van der Waals surface area contributed by atoms with Gasteiger partial charge in [-0.3, -0.25) is 4.99 Å². The molecule has 0 heterocycles. The first-order valence-electron chi connectivity index (χ1n) is 7.89. The number of guanidine groups is 1. The Morgan fingerprint density at radius 1 is 1.09 bits per heavy atom. The van der Waals surface area contributed by atoms with Crippen LogP contribution in [0.15, 0.2) is 29.3 Å². The summed E-state index contributed by atoms with van der Waals surface area (Å²) in [6.45, 7) is 5.95. The van der Waals surface area contributed by atoms with E-state index in [0.717, 1.165) is 45.1 Å². The molecule has 0 radical (unpaired) electrons. The van der Waals surface area contributed by atoms with Crippen molar-refractivity contribution in [2.45, 2.75) is 32.9 Å². The lowest BCUT2D eigenvalue weighted by atomic mass is 10.1. The summed E-state index contributed by atoms with van der Waals surface area (Å²) >= 11 is 0. The van der Waals surface area contributed by atoms with Gasteiger partial charge >= 0.3 is 0 Å². The molecule has 0 saturated heterocycles. The number of hydrogen-bond acceptors (Lipinski definition) is 3. The van der Waals surface area contributed by atoms with Crippen molar-refractivity contribution in [2.75, 3.05) is 33.9 Å². The van der Waals surface area contributed by atoms with E-state index in [4.69, 9.17) is 9.47 Å². The molecule has 132 valence electrons. The predicted octanol–water partition coefficient (Wildman–Crippen LogP) is 2.93. The first-order valence-corrected chi connectivity index (χ1v) is 7.89. The Balaban J connectivity index is 0.00000484. The first kappa shape index (κ1) is 22.1. The Morgan fingerprint density at radius 3 is 2.39 bits per heavy atom. The van der Waals surface area contributed by atoms with Gasteiger partial charge in [0.15, 0.2) is 5.96 Å². The van der Waals surface area contributed by atoms with E-state index in [-0.39, 0.29) is 24.0 Å². The molecule has 5 nitrogen and oxygen atoms in total. The summed E-state index contributed by atoms with van der Waals surface area (Å²) in [4.78, 5) is 4.23. The zero-order chi connectivity index (χ0) is 16.0. The Morgan fingerprint density at radius 2 is 1.78 bits per heavy atom. The highest BCUT2D eigenvalue weighted by Crippen LogP contribution is 2.05. The number of unbranched alkanes of at least 4 members (excludes halogenated alkanes) is 1. The number of ether oxygens (including phenoxy) is 2. The summed E-state index contributed by atoms with van der Waals surface area (Å²) < 4.78 is 10.4. The van der Waals surface area contributed by atoms with Crippen molar-refractivity contribution in [3.8, 4) is 0 Å². The van der Waals surface area contributed by atoms with Gasteiger partial charge in [-0.2, -0.15) is 0 Å². The standard InChI is InChI=1S/C17H29N3O2.HI/c1-4-22-12-6-5-11-19-17(18-2)20-13-15-7-9-16(10-8-15)14-21-3;/h7-10H,4-6,11-14H2,1-3H3,(H2,18,19,20);1H. The fraction of sp³-hybridized carbons (Fsp3) is 0.588. The smallest absolute Gasteiger partial charge is 0.191 e. The van der Waals surface area contributed by atoms with Gasteiger partial charge in [0.2, 0.25) is 0 Å². The quantitative estimate of drug-likeness (QED) is 0.257. The van der Waals surface area contributed by atoms with Gasteiger partial charge < -0.3 is 20.1 Å². The van der Waals surface area contributed by atoms with Crippen molar-refractivity contribution in [3.05, 3.63) is 35.4 Å². The molecule has 0 spiro atoms. The maximum atomic E-state index is 5.32. The van der Waals surface area contributed by atoms with Crippen LogP contribution in [0.4, 0.5) is 0 Å². The molecule has 0 aromatic heterocycles. The van der Waals surface area contributed by atoms with Gasteiger partial charge in [-0.1, -0.05) is 24.3 Å². The number of aliphatic imine (C=N–C) groups is 1. The van der Waals surface area contributed by atoms with Gasteiger partial charge in [0, 0.05) is 40.5 Å². The van der Waals surface area contributed by atoms with Gasteiger partial charge in [0.05, 0.1) is 6.61 Å². The van der Waals surface area contributed by atoms with Crippen LogP contribution in [0, 0.1) is 0 Å². The Labute approximate surface area is 157 Å². The van der Waals surface area contributed by atoms with Crippen LogP contribution in [-0.2, 0) is 22.6 Å². The Bertz CT molecular complexity index is 424. The van der Waals surface area contributed by atoms with Crippen molar-refractivity contribution in [1.82, 2.24) is 10.6 Å². The van der Waals surface area contributed by atoms with Crippen LogP contribution in [0.5, 0.6) is 0 Å². The minimum Gasteiger partial charge on any atom is -0.382 e. The zero-order valence-corrected chi connectivity index (χ0v) is 16.8. The van der Waals surface area contributed by atoms with Crippen LogP contribution >= 0.6 is 24.0 Å². The molecule has 1 aromatic rings. The van der Waals surface area contributed by atoms with E-state index >= 15 is 0 Å². The molecular weight excluding hydrogens is 405 g/mol. The summed E-state index contributed by atoms with van der Waals surface area (Å²) in [6.07, 6.45) is 2.14. The molecule has 23 heavy (non-hydrogen) atoms. The maximum Gasteiger partial charge on any atom is 0.191 e. The number of methoxy groups -OCH3 is 1. The number of nitrogens with one attached hydrogen (secondary N) is 2. The van der Waals surface area contributed by atoms with E-state index in [2.05, 4.69) is 39.9 Å². The summed E-state index contributed by atoms with van der Waals surface area (Å²) in [5.41, 5.74) is 2.40. The minimum absolute atomic E-state index is 0. The molecule has 2 N–H and O–H groups in total. The molecule has 0 aliphatic carbocycles. The summed E-state index contributed by atoms with van der Waals surface area (Å²) in [7, 11) is 3.50. The molecule has 0 atom stereocenters. The Hall–Kier alpha value is -0.860. The van der Waals surface area contributed by atoms with E-state index in [0.29, 0.717) is 6.61 Å². The van der Waals surface area contributed by atoms with Crippen molar-refractivity contribution in [1.29, 1.82) is 0 Å². The highest BCUT2D eigenvalue weighted by molar-refractivity contribution is 14.0. The molecule has 6 heteroatoms. The van der Waals surface area contributed by atoms with Gasteiger partial charge in [-0.25, -0.2) is 0 Å². The minimum atomic E-state index is 0. The largest absolute Gasteiger partial charge is 0.382 e. The van der Waals surface area contributed by atoms with E-state index in [9.17, 15) is 0 Å². The van der Waals surface area contributed by atoms with Crippen LogP contribution in [0.3, 0.4) is 0 Å². The van der Waals surface area contributed by atoms with Gasteiger partial charge in [-0.15, -0.1) is 24.0 Å². The lowest BCUT2D eigenvalue weighted by molar-refractivity contribution is 0.143. The lowest BCUT2D eigenvalue weighted by Gasteiger charge is -2.12. The molecule has 0 amide bonds. The second kappa shape index (κ2) is 14.7. The van der Waals surface area contributed by atoms with Crippen LogP contribution in [-0.4, -0.2) is 39.9 Å². The number of nitrogens with zero attached hydrogens (tertiary/aromatic N) is 1. The molecule has 0 bridgehead atoms. The predicted molar refractivity (Wildman–Crippen MR) is 106 cm³/mol. The summed E-state index contributed by atoms with van der Waals surface area (Å²) in [5.74, 6) is 0.831. The average Bonchev–Trinajstić information content (AvgIpc) is 2.55. The van der Waals surface area contributed by atoms with E-state index in [1.165, 1.54) is 11.1 Å². The summed E-state index contributed by atoms with van der Waals surface area (Å²) in [5, 5.41) is 6.63. The molecule has 1 rings (SSSR count). The van der Waals surface area contributed by atoms with Crippen molar-refractivity contribution in [3.63, 3.8) is 0 Å². The van der Waals surface area contributed by atoms with Crippen LogP contribution in [0.1, 0.15) is 30.9 Å². The van der Waals surface area contributed by atoms with Gasteiger partial charge in [0.1, 0.15) is 0 Å². The number of benzene rings is 1. The van der Waals surface area contributed by atoms with Crippen molar-refractivity contribution >= 4 is 29.9 Å². The van der Waals surface area contributed by atoms with Crippen LogP contribution < -0.4 is 10.6 Å². The molecular formula is C17H30IN3O2. The van der Waals surface area contributed by atoms with Crippen molar-refractivity contribution in [2.24, 2.45) is 4.99 Å². The molecule has 0 saturated carbocycles. The number of halogens is 1. The highest BCUT2D eigenvalue weighted by atomic mass is 127. The van der Waals surface area contributed by atoms with E-state index < -0.39 is 0 Å².